The van der Waals surface area contributed by atoms with Gasteiger partial charge in [0.15, 0.2) is 5.13 Å². The van der Waals surface area contributed by atoms with E-state index in [1.807, 2.05) is 53.5 Å². The van der Waals surface area contributed by atoms with Crippen molar-refractivity contribution in [1.29, 1.82) is 0 Å². The molecule has 0 fully saturated rings. The second-order valence-corrected chi connectivity index (χ2v) is 9.47. The fourth-order valence-electron chi connectivity index (χ4n) is 2.77. The molecule has 0 saturated heterocycles. The molecule has 1 N–H and O–H groups in total. The first-order chi connectivity index (χ1) is 15.2. The van der Waals surface area contributed by atoms with Crippen molar-refractivity contribution in [3.63, 3.8) is 0 Å². The van der Waals surface area contributed by atoms with Gasteiger partial charge >= 0.3 is 0 Å². The zero-order valence-corrected chi connectivity index (χ0v) is 19.2. The summed E-state index contributed by atoms with van der Waals surface area (Å²) in [6, 6.07) is 20.1. The Morgan fingerprint density at radius 2 is 1.90 bits per heavy atom. The van der Waals surface area contributed by atoms with E-state index in [2.05, 4.69) is 39.9 Å². The molecule has 0 atom stereocenters. The monoisotopic (exact) mass is 464 g/mol. The van der Waals surface area contributed by atoms with Gasteiger partial charge in [-0.15, -0.1) is 34.4 Å². The number of thioether (sulfide) groups is 1. The van der Waals surface area contributed by atoms with Crippen LogP contribution in [-0.2, 0) is 10.5 Å². The third kappa shape index (κ3) is 6.07. The lowest BCUT2D eigenvalue weighted by atomic mass is 10.2. The predicted molar refractivity (Wildman–Crippen MR) is 132 cm³/mol. The fourth-order valence-corrected chi connectivity index (χ4v) is 5.16. The number of thiazole rings is 1. The summed E-state index contributed by atoms with van der Waals surface area (Å²) < 4.78 is 5.18. The number of nitrogens with one attached hydrogen (secondary N) is 1. The van der Waals surface area contributed by atoms with Crippen LogP contribution in [0.5, 0.6) is 5.75 Å². The van der Waals surface area contributed by atoms with E-state index in [1.165, 1.54) is 27.2 Å². The van der Waals surface area contributed by atoms with Crippen LogP contribution in [0.15, 0.2) is 82.4 Å². The summed E-state index contributed by atoms with van der Waals surface area (Å²) in [7, 11) is 1.64. The van der Waals surface area contributed by atoms with Crippen molar-refractivity contribution in [2.24, 2.45) is 0 Å². The number of rotatable bonds is 8. The normalized spacial score (nSPS) is 11.0. The summed E-state index contributed by atoms with van der Waals surface area (Å²) in [6.45, 7) is 0. The number of hydrogen-bond acceptors (Lipinski definition) is 6. The van der Waals surface area contributed by atoms with E-state index in [1.54, 1.807) is 24.5 Å². The minimum Gasteiger partial charge on any atom is -0.497 e. The number of methoxy groups -OCH3 is 1. The van der Waals surface area contributed by atoms with Crippen molar-refractivity contribution in [2.75, 3.05) is 12.4 Å². The van der Waals surface area contributed by atoms with Gasteiger partial charge in [0.2, 0.25) is 5.91 Å². The SMILES string of the molecule is COc1ccc(-c2csc(NC(=O)/C=C\c3ccc(SCc4cccs4)cc3)n2)cc1. The molecule has 0 aliphatic carbocycles. The molecule has 4 nitrogen and oxygen atoms in total. The second kappa shape index (κ2) is 10.4. The third-order valence-corrected chi connectivity index (χ3v) is 7.27. The number of thiophene rings is 1. The Morgan fingerprint density at radius 1 is 1.10 bits per heavy atom. The second-order valence-electron chi connectivity index (χ2n) is 6.53. The summed E-state index contributed by atoms with van der Waals surface area (Å²) in [6.07, 6.45) is 3.34. The summed E-state index contributed by atoms with van der Waals surface area (Å²) >= 11 is 4.98. The number of amides is 1. The molecule has 1 amide bonds. The molecule has 0 radical (unpaired) electrons. The number of anilines is 1. The van der Waals surface area contributed by atoms with Crippen molar-refractivity contribution in [2.45, 2.75) is 10.6 Å². The molecule has 156 valence electrons. The molecule has 0 unspecified atom stereocenters. The van der Waals surface area contributed by atoms with Crippen molar-refractivity contribution >= 4 is 51.6 Å². The Labute approximate surface area is 193 Å². The smallest absolute Gasteiger partial charge is 0.250 e. The van der Waals surface area contributed by atoms with Gasteiger partial charge in [0.05, 0.1) is 12.8 Å². The zero-order valence-electron chi connectivity index (χ0n) is 16.8. The van der Waals surface area contributed by atoms with Crippen LogP contribution in [-0.4, -0.2) is 18.0 Å². The van der Waals surface area contributed by atoms with Crippen LogP contribution in [0.2, 0.25) is 0 Å². The average Bonchev–Trinajstić information content (AvgIpc) is 3.49. The van der Waals surface area contributed by atoms with E-state index in [4.69, 9.17) is 4.74 Å². The molecule has 4 rings (SSSR count). The van der Waals surface area contributed by atoms with Crippen LogP contribution in [0.1, 0.15) is 10.4 Å². The van der Waals surface area contributed by atoms with Gasteiger partial charge in [0.25, 0.3) is 0 Å². The average molecular weight is 465 g/mol. The van der Waals surface area contributed by atoms with Gasteiger partial charge < -0.3 is 4.74 Å². The molecule has 7 heteroatoms. The number of carbonyl (C=O) groups excluding carboxylic acids is 1. The van der Waals surface area contributed by atoms with Crippen LogP contribution in [0.3, 0.4) is 0 Å². The summed E-state index contributed by atoms with van der Waals surface area (Å²) in [4.78, 5) is 19.3. The van der Waals surface area contributed by atoms with E-state index < -0.39 is 0 Å². The van der Waals surface area contributed by atoms with Gasteiger partial charge in [0, 0.05) is 32.5 Å². The van der Waals surface area contributed by atoms with Crippen molar-refractivity contribution in [3.8, 4) is 17.0 Å². The molecular weight excluding hydrogens is 444 g/mol. The number of hydrogen-bond donors (Lipinski definition) is 1. The van der Waals surface area contributed by atoms with Crippen molar-refractivity contribution < 1.29 is 9.53 Å². The molecular formula is C24H20N2O2S3. The van der Waals surface area contributed by atoms with Crippen LogP contribution in [0.25, 0.3) is 17.3 Å². The molecule has 0 aliphatic heterocycles. The van der Waals surface area contributed by atoms with Gasteiger partial charge in [-0.2, -0.15) is 0 Å². The lowest BCUT2D eigenvalue weighted by molar-refractivity contribution is -0.111. The number of aromatic nitrogens is 1. The zero-order chi connectivity index (χ0) is 21.5. The number of carbonyl (C=O) groups is 1. The molecule has 0 bridgehead atoms. The van der Waals surface area contributed by atoms with Gasteiger partial charge in [-0.3, -0.25) is 10.1 Å². The Balaban J connectivity index is 1.30. The summed E-state index contributed by atoms with van der Waals surface area (Å²) in [5.74, 6) is 1.57. The molecule has 0 spiro atoms. The lowest BCUT2D eigenvalue weighted by Crippen LogP contribution is -2.07. The van der Waals surface area contributed by atoms with Gasteiger partial charge in [0.1, 0.15) is 5.75 Å². The third-order valence-electron chi connectivity index (χ3n) is 4.39. The number of nitrogens with zero attached hydrogens (tertiary/aromatic N) is 1. The quantitative estimate of drug-likeness (QED) is 0.229. The van der Waals surface area contributed by atoms with Crippen LogP contribution < -0.4 is 10.1 Å². The Hall–Kier alpha value is -2.87. The maximum atomic E-state index is 12.3. The van der Waals surface area contributed by atoms with Gasteiger partial charge in [-0.05, 0) is 59.5 Å². The minimum absolute atomic E-state index is 0.202. The molecule has 2 aromatic carbocycles. The minimum atomic E-state index is -0.202. The van der Waals surface area contributed by atoms with E-state index in [-0.39, 0.29) is 5.91 Å². The van der Waals surface area contributed by atoms with Crippen LogP contribution in [0, 0.1) is 0 Å². The van der Waals surface area contributed by atoms with Crippen LogP contribution >= 0.6 is 34.4 Å². The highest BCUT2D eigenvalue weighted by Crippen LogP contribution is 2.27. The first-order valence-corrected chi connectivity index (χ1v) is 12.3. The maximum Gasteiger partial charge on any atom is 0.250 e. The maximum absolute atomic E-state index is 12.3. The summed E-state index contributed by atoms with van der Waals surface area (Å²) in [5, 5.41) is 7.42. The number of ether oxygens (including phenoxy) is 1. The predicted octanol–water partition coefficient (Wildman–Crippen LogP) is 6.82. The Kier molecular flexibility index (Phi) is 7.19. The van der Waals surface area contributed by atoms with Gasteiger partial charge in [-0.25, -0.2) is 4.98 Å². The molecule has 2 aromatic heterocycles. The Morgan fingerprint density at radius 3 is 2.61 bits per heavy atom. The topological polar surface area (TPSA) is 51.2 Å². The van der Waals surface area contributed by atoms with E-state index in [0.29, 0.717) is 5.13 Å². The van der Waals surface area contributed by atoms with Crippen LogP contribution in [0.4, 0.5) is 5.13 Å². The van der Waals surface area contributed by atoms with Gasteiger partial charge in [-0.1, -0.05) is 18.2 Å². The number of benzene rings is 2. The first kappa shape index (κ1) is 21.4. The van der Waals surface area contributed by atoms with Crippen molar-refractivity contribution in [3.05, 3.63) is 87.9 Å². The van der Waals surface area contributed by atoms with E-state index in [9.17, 15) is 4.79 Å². The fraction of sp³-hybridized carbons (Fsp3) is 0.0833. The first-order valence-electron chi connectivity index (χ1n) is 9.54. The largest absolute Gasteiger partial charge is 0.497 e. The summed E-state index contributed by atoms with van der Waals surface area (Å²) in [5.41, 5.74) is 2.78. The van der Waals surface area contributed by atoms with E-state index >= 15 is 0 Å². The molecule has 0 saturated carbocycles. The molecule has 31 heavy (non-hydrogen) atoms. The van der Waals surface area contributed by atoms with Crippen molar-refractivity contribution in [1.82, 2.24) is 4.98 Å². The standard InChI is InChI=1S/C24H20N2O2S3/c1-28-19-9-7-18(8-10-19)22-16-31-24(25-22)26-23(27)13-6-17-4-11-20(12-5-17)30-15-21-3-2-14-29-21/h2-14,16H,15H2,1H3,(H,25,26,27)/b13-6-. The highest BCUT2D eigenvalue weighted by Gasteiger charge is 2.07. The van der Waals surface area contributed by atoms with E-state index in [0.717, 1.165) is 28.3 Å². The lowest BCUT2D eigenvalue weighted by Gasteiger charge is -2.01. The molecule has 4 aromatic rings. The highest BCUT2D eigenvalue weighted by molar-refractivity contribution is 7.98. The highest BCUT2D eigenvalue weighted by atomic mass is 32.2. The molecule has 2 heterocycles. The molecule has 0 aliphatic rings. The Bertz CT molecular complexity index is 1150.